The van der Waals surface area contributed by atoms with Crippen molar-refractivity contribution in [3.8, 4) is 33.4 Å². The first-order chi connectivity index (χ1) is 24.4. The van der Waals surface area contributed by atoms with Gasteiger partial charge in [0.05, 0.1) is 0 Å². The lowest BCUT2D eigenvalue weighted by atomic mass is 9.78. The quantitative estimate of drug-likeness (QED) is 0.182. The molecule has 0 heterocycles. The van der Waals surface area contributed by atoms with Crippen LogP contribution in [0.25, 0.3) is 44.2 Å². The number of rotatable bonds is 4. The second-order valence-corrected chi connectivity index (χ2v) is 16.1. The lowest BCUT2D eigenvalue weighted by Crippen LogP contribution is -2.17. The molecule has 0 saturated carbocycles. The van der Waals surface area contributed by atoms with Crippen LogP contribution in [-0.4, -0.2) is 0 Å². The van der Waals surface area contributed by atoms with Gasteiger partial charge in [0.25, 0.3) is 0 Å². The summed E-state index contributed by atoms with van der Waals surface area (Å²) >= 11 is 0. The number of fused-ring (bicyclic) bond motifs is 8. The van der Waals surface area contributed by atoms with E-state index in [0.717, 1.165) is 0 Å². The van der Waals surface area contributed by atoms with E-state index in [4.69, 9.17) is 0 Å². The van der Waals surface area contributed by atoms with Crippen molar-refractivity contribution in [1.82, 2.24) is 0 Å². The SMILES string of the molecule is Cc1ccc(N(c2ccc(C)cc2)c2ccc3c(c2)C(C)(C)c2cc4c(cc2-3)C(C)(C)c2cc(-c3cc(C)ccc3C)c3ccccc3c2-4)cc1. The zero-order chi connectivity index (χ0) is 35.4. The molecule has 0 spiro atoms. The third-order valence-corrected chi connectivity index (χ3v) is 12.0. The fourth-order valence-corrected chi connectivity index (χ4v) is 9.02. The number of benzene rings is 7. The van der Waals surface area contributed by atoms with E-state index in [2.05, 4.69) is 188 Å². The number of aryl methyl sites for hydroxylation is 4. The smallest absolute Gasteiger partial charge is 0.0465 e. The van der Waals surface area contributed by atoms with Crippen LogP contribution in [0.1, 0.15) is 72.2 Å². The van der Waals surface area contributed by atoms with E-state index < -0.39 is 0 Å². The molecule has 0 N–H and O–H groups in total. The van der Waals surface area contributed by atoms with Crippen molar-refractivity contribution in [3.05, 3.63) is 172 Å². The number of anilines is 3. The molecule has 7 aromatic carbocycles. The summed E-state index contributed by atoms with van der Waals surface area (Å²) < 4.78 is 0. The third-order valence-electron chi connectivity index (χ3n) is 12.0. The summed E-state index contributed by atoms with van der Waals surface area (Å²) in [4.78, 5) is 2.40. The van der Waals surface area contributed by atoms with Crippen LogP contribution in [0, 0.1) is 27.7 Å². The van der Waals surface area contributed by atoms with Gasteiger partial charge in [0.1, 0.15) is 0 Å². The van der Waals surface area contributed by atoms with Crippen molar-refractivity contribution in [2.24, 2.45) is 0 Å². The van der Waals surface area contributed by atoms with Gasteiger partial charge in [0.15, 0.2) is 0 Å². The van der Waals surface area contributed by atoms with Crippen LogP contribution < -0.4 is 4.90 Å². The Morgan fingerprint density at radius 1 is 0.373 bits per heavy atom. The molecular formula is C50H45N. The molecule has 0 aromatic heterocycles. The van der Waals surface area contributed by atoms with Crippen molar-refractivity contribution in [3.63, 3.8) is 0 Å². The molecule has 7 aromatic rings. The normalized spacial score (nSPS) is 14.6. The second kappa shape index (κ2) is 11.0. The van der Waals surface area contributed by atoms with Crippen molar-refractivity contribution in [1.29, 1.82) is 0 Å². The van der Waals surface area contributed by atoms with Crippen LogP contribution in [-0.2, 0) is 10.8 Å². The summed E-state index contributed by atoms with van der Waals surface area (Å²) in [6.45, 7) is 18.4. The van der Waals surface area contributed by atoms with E-state index in [-0.39, 0.29) is 10.8 Å². The molecule has 0 atom stereocenters. The summed E-state index contributed by atoms with van der Waals surface area (Å²) in [5.74, 6) is 0. The molecular weight excluding hydrogens is 615 g/mol. The van der Waals surface area contributed by atoms with Gasteiger partial charge in [-0.3, -0.25) is 0 Å². The topological polar surface area (TPSA) is 3.24 Å². The van der Waals surface area contributed by atoms with Gasteiger partial charge in [-0.25, -0.2) is 0 Å². The Morgan fingerprint density at radius 3 is 1.55 bits per heavy atom. The van der Waals surface area contributed by atoms with E-state index >= 15 is 0 Å². The highest BCUT2D eigenvalue weighted by Gasteiger charge is 2.43. The largest absolute Gasteiger partial charge is 0.310 e. The molecule has 0 saturated heterocycles. The molecule has 1 nitrogen and oxygen atoms in total. The molecule has 2 aliphatic carbocycles. The lowest BCUT2D eigenvalue weighted by molar-refractivity contribution is 0.652. The number of hydrogen-bond acceptors (Lipinski definition) is 1. The first kappa shape index (κ1) is 31.6. The van der Waals surface area contributed by atoms with Gasteiger partial charge in [-0.05, 0) is 154 Å². The Balaban J connectivity index is 1.22. The van der Waals surface area contributed by atoms with Crippen molar-refractivity contribution in [2.45, 2.75) is 66.2 Å². The average molecular weight is 660 g/mol. The monoisotopic (exact) mass is 659 g/mol. The Bertz CT molecular complexity index is 2500. The van der Waals surface area contributed by atoms with E-state index in [9.17, 15) is 0 Å². The standard InChI is InChI=1S/C50H45N/c1-30-14-19-34(20-15-30)51(35-21-16-31(2)17-22-35)36-23-24-38-42-28-46-43(29-45(42)49(5,6)44(38)26-36)48-39-12-10-9-11-37(39)41(27-47(48)50(46,7)8)40-25-32(3)13-18-33(40)4/h9-29H,1-8H3. The molecule has 0 aliphatic heterocycles. The van der Waals surface area contributed by atoms with E-state index in [1.54, 1.807) is 0 Å². The Kier molecular flexibility index (Phi) is 6.84. The minimum Gasteiger partial charge on any atom is -0.310 e. The molecule has 0 unspecified atom stereocenters. The van der Waals surface area contributed by atoms with Crippen molar-refractivity contribution >= 4 is 27.8 Å². The molecule has 0 fully saturated rings. The summed E-state index contributed by atoms with van der Waals surface area (Å²) in [5, 5.41) is 2.67. The van der Waals surface area contributed by atoms with Crippen molar-refractivity contribution < 1.29 is 0 Å². The third kappa shape index (κ3) is 4.67. The van der Waals surface area contributed by atoms with E-state index in [1.165, 1.54) is 106 Å². The molecule has 0 bridgehead atoms. The molecule has 51 heavy (non-hydrogen) atoms. The summed E-state index contributed by atoms with van der Waals surface area (Å²) in [6, 6.07) is 48.5. The van der Waals surface area contributed by atoms with Crippen LogP contribution in [0.2, 0.25) is 0 Å². The molecule has 1 heteroatoms. The van der Waals surface area contributed by atoms with Gasteiger partial charge >= 0.3 is 0 Å². The first-order valence-electron chi connectivity index (χ1n) is 18.3. The predicted molar refractivity (Wildman–Crippen MR) is 218 cm³/mol. The summed E-state index contributed by atoms with van der Waals surface area (Å²) in [6.07, 6.45) is 0. The molecule has 0 radical (unpaired) electrons. The zero-order valence-corrected chi connectivity index (χ0v) is 31.1. The van der Waals surface area contributed by atoms with E-state index in [1.807, 2.05) is 0 Å². The zero-order valence-electron chi connectivity index (χ0n) is 31.1. The lowest BCUT2D eigenvalue weighted by Gasteiger charge is -2.28. The highest BCUT2D eigenvalue weighted by atomic mass is 15.1. The summed E-state index contributed by atoms with van der Waals surface area (Å²) in [7, 11) is 0. The van der Waals surface area contributed by atoms with Crippen LogP contribution in [0.4, 0.5) is 17.1 Å². The predicted octanol–water partition coefficient (Wildman–Crippen LogP) is 13.8. The van der Waals surface area contributed by atoms with E-state index in [0.29, 0.717) is 0 Å². The van der Waals surface area contributed by atoms with Crippen LogP contribution >= 0.6 is 0 Å². The van der Waals surface area contributed by atoms with Gasteiger partial charge in [-0.15, -0.1) is 0 Å². The van der Waals surface area contributed by atoms with Gasteiger partial charge in [-0.1, -0.05) is 117 Å². The molecule has 0 amide bonds. The Labute approximate surface area is 303 Å². The van der Waals surface area contributed by atoms with Gasteiger partial charge in [-0.2, -0.15) is 0 Å². The maximum absolute atomic E-state index is 2.56. The highest BCUT2D eigenvalue weighted by Crippen LogP contribution is 2.58. The fourth-order valence-electron chi connectivity index (χ4n) is 9.02. The maximum Gasteiger partial charge on any atom is 0.0465 e. The highest BCUT2D eigenvalue weighted by molar-refractivity contribution is 6.10. The molecule has 250 valence electrons. The number of nitrogens with zero attached hydrogens (tertiary/aromatic N) is 1. The maximum atomic E-state index is 2.56. The Hall–Kier alpha value is -5.40. The average Bonchev–Trinajstić information content (AvgIpc) is 3.48. The first-order valence-corrected chi connectivity index (χ1v) is 18.3. The minimum absolute atomic E-state index is 0.142. The fraction of sp³-hybridized carbons (Fsp3) is 0.200. The van der Waals surface area contributed by atoms with Crippen molar-refractivity contribution in [2.75, 3.05) is 4.90 Å². The number of hydrogen-bond donors (Lipinski definition) is 0. The van der Waals surface area contributed by atoms with Crippen LogP contribution in [0.15, 0.2) is 127 Å². The summed E-state index contributed by atoms with van der Waals surface area (Å²) in [5.41, 5.74) is 22.2. The Morgan fingerprint density at radius 2 is 0.882 bits per heavy atom. The van der Waals surface area contributed by atoms with Crippen LogP contribution in [0.3, 0.4) is 0 Å². The molecule has 2 aliphatic rings. The van der Waals surface area contributed by atoms with Gasteiger partial charge in [0, 0.05) is 27.9 Å². The second-order valence-electron chi connectivity index (χ2n) is 16.1. The van der Waals surface area contributed by atoms with Crippen LogP contribution in [0.5, 0.6) is 0 Å². The minimum atomic E-state index is -0.163. The van der Waals surface area contributed by atoms with Gasteiger partial charge in [0.2, 0.25) is 0 Å². The molecule has 9 rings (SSSR count). The van der Waals surface area contributed by atoms with Gasteiger partial charge < -0.3 is 4.90 Å².